The maximum Gasteiger partial charge on any atom is 0.418 e. The summed E-state index contributed by atoms with van der Waals surface area (Å²) in [5.41, 5.74) is 2.30. The molecule has 0 fully saturated rings. The Bertz CT molecular complexity index is 1610. The molecule has 5 aromatic rings. The number of nitrogens with zero attached hydrogens (tertiary/aromatic N) is 2. The maximum absolute atomic E-state index is 13.8. The topological polar surface area (TPSA) is 64.4 Å². The Kier molecular flexibility index (Phi) is 6.63. The van der Waals surface area contributed by atoms with Gasteiger partial charge in [0.2, 0.25) is 6.10 Å². The van der Waals surface area contributed by atoms with Crippen LogP contribution in [0.25, 0.3) is 22.2 Å². The van der Waals surface area contributed by atoms with Crippen LogP contribution in [0.15, 0.2) is 97.1 Å². The average Bonchev–Trinajstić information content (AvgIpc) is 3.25. The molecule has 0 spiro atoms. The first kappa shape index (κ1) is 25.1. The highest BCUT2D eigenvalue weighted by atomic mass is 19.4. The number of fused-ring (bicyclic) bond motifs is 1. The van der Waals surface area contributed by atoms with E-state index >= 15 is 0 Å². The van der Waals surface area contributed by atoms with Gasteiger partial charge in [-0.3, -0.25) is 4.68 Å². The van der Waals surface area contributed by atoms with Crippen molar-refractivity contribution >= 4 is 16.9 Å². The molecule has 0 saturated heterocycles. The first-order valence-electron chi connectivity index (χ1n) is 11.9. The highest BCUT2D eigenvalue weighted by molar-refractivity contribution is 5.95. The number of carboxylic acids is 1. The molecule has 0 amide bonds. The minimum atomic E-state index is -4.57. The molecule has 1 unspecified atom stereocenters. The van der Waals surface area contributed by atoms with Crippen molar-refractivity contribution in [3.8, 4) is 17.0 Å². The van der Waals surface area contributed by atoms with Crippen molar-refractivity contribution in [2.75, 3.05) is 0 Å². The number of ether oxygens (including phenoxy) is 1. The van der Waals surface area contributed by atoms with Crippen LogP contribution in [0.2, 0.25) is 0 Å². The van der Waals surface area contributed by atoms with Crippen molar-refractivity contribution < 1.29 is 27.8 Å². The minimum Gasteiger partial charge on any atom is -0.478 e. The van der Waals surface area contributed by atoms with E-state index in [4.69, 9.17) is 4.74 Å². The SMILES string of the molecule is Cc1cccc(C(Oc2cccc(-c3c4cccc(C(F)(F)F)c4nn3Cc3ccccc3)c2)C(=O)O)c1. The third-order valence-electron chi connectivity index (χ3n) is 6.18. The van der Waals surface area contributed by atoms with E-state index in [1.807, 2.05) is 43.3 Å². The van der Waals surface area contributed by atoms with Crippen LogP contribution in [-0.4, -0.2) is 20.9 Å². The van der Waals surface area contributed by atoms with E-state index in [0.717, 1.165) is 17.2 Å². The third kappa shape index (κ3) is 5.11. The molecule has 1 aromatic heterocycles. The second kappa shape index (κ2) is 10.0. The lowest BCUT2D eigenvalue weighted by atomic mass is 10.0. The predicted octanol–water partition coefficient (Wildman–Crippen LogP) is 7.28. The number of rotatable bonds is 7. The van der Waals surface area contributed by atoms with Crippen LogP contribution in [0.3, 0.4) is 0 Å². The number of aromatic nitrogens is 2. The molecule has 5 rings (SSSR count). The van der Waals surface area contributed by atoms with Crippen LogP contribution in [0, 0.1) is 6.92 Å². The molecule has 1 N–H and O–H groups in total. The zero-order valence-corrected chi connectivity index (χ0v) is 20.3. The lowest BCUT2D eigenvalue weighted by Crippen LogP contribution is -2.18. The Balaban J connectivity index is 1.62. The van der Waals surface area contributed by atoms with Gasteiger partial charge in [-0.15, -0.1) is 0 Å². The van der Waals surface area contributed by atoms with Crippen molar-refractivity contribution in [2.45, 2.75) is 25.7 Å². The van der Waals surface area contributed by atoms with Crippen LogP contribution < -0.4 is 4.74 Å². The van der Waals surface area contributed by atoms with Gasteiger partial charge in [0.15, 0.2) is 0 Å². The van der Waals surface area contributed by atoms with E-state index in [0.29, 0.717) is 22.2 Å². The molecule has 8 heteroatoms. The van der Waals surface area contributed by atoms with Crippen LogP contribution in [0.1, 0.15) is 28.4 Å². The quantitative estimate of drug-likeness (QED) is 0.247. The van der Waals surface area contributed by atoms with Gasteiger partial charge in [-0.05, 0) is 30.7 Å². The summed E-state index contributed by atoms with van der Waals surface area (Å²) in [5, 5.41) is 14.6. The van der Waals surface area contributed by atoms with E-state index in [2.05, 4.69) is 5.10 Å². The maximum atomic E-state index is 13.8. The number of hydrogen-bond donors (Lipinski definition) is 1. The van der Waals surface area contributed by atoms with E-state index in [9.17, 15) is 23.1 Å². The largest absolute Gasteiger partial charge is 0.478 e. The first-order chi connectivity index (χ1) is 18.2. The Labute approximate surface area is 216 Å². The molecule has 0 bridgehead atoms. The fourth-order valence-electron chi connectivity index (χ4n) is 4.50. The highest BCUT2D eigenvalue weighted by Crippen LogP contribution is 2.39. The number of carbonyl (C=O) groups is 1. The smallest absolute Gasteiger partial charge is 0.418 e. The van der Waals surface area contributed by atoms with Crippen LogP contribution in [-0.2, 0) is 17.5 Å². The van der Waals surface area contributed by atoms with Crippen molar-refractivity contribution in [3.05, 3.63) is 119 Å². The van der Waals surface area contributed by atoms with Crippen molar-refractivity contribution in [1.29, 1.82) is 0 Å². The van der Waals surface area contributed by atoms with Gasteiger partial charge < -0.3 is 9.84 Å². The van der Waals surface area contributed by atoms with Gasteiger partial charge in [0.25, 0.3) is 0 Å². The van der Waals surface area contributed by atoms with Gasteiger partial charge in [-0.1, -0.05) is 84.4 Å². The lowest BCUT2D eigenvalue weighted by Gasteiger charge is -2.17. The van der Waals surface area contributed by atoms with Gasteiger partial charge in [-0.25, -0.2) is 4.79 Å². The first-order valence-corrected chi connectivity index (χ1v) is 11.9. The normalized spacial score (nSPS) is 12.4. The summed E-state index contributed by atoms with van der Waals surface area (Å²) in [4.78, 5) is 12.0. The lowest BCUT2D eigenvalue weighted by molar-refractivity contribution is -0.145. The van der Waals surface area contributed by atoms with Crippen molar-refractivity contribution in [3.63, 3.8) is 0 Å². The molecule has 5 nitrogen and oxygen atoms in total. The number of alkyl halides is 3. The summed E-state index contributed by atoms with van der Waals surface area (Å²) in [6.07, 6.45) is -5.83. The van der Waals surface area contributed by atoms with Crippen LogP contribution in [0.5, 0.6) is 5.75 Å². The standard InChI is InChI=1S/C30H23F3N2O3/c1-19-8-5-12-22(16-19)28(29(36)37)38-23-13-6-11-21(17-23)27-24-14-7-15-25(30(31,32)33)26(24)34-35(27)18-20-9-3-2-4-10-20/h2-17,28H,18H2,1H3,(H,36,37). The van der Waals surface area contributed by atoms with Gasteiger partial charge in [-0.2, -0.15) is 18.3 Å². The molecule has 4 aromatic carbocycles. The summed E-state index contributed by atoms with van der Waals surface area (Å²) in [6, 6.07) is 27.0. The van der Waals surface area contributed by atoms with E-state index in [-0.39, 0.29) is 17.8 Å². The number of benzene rings is 4. The summed E-state index contributed by atoms with van der Waals surface area (Å²) in [5.74, 6) is -0.889. The fourth-order valence-corrected chi connectivity index (χ4v) is 4.50. The molecule has 0 radical (unpaired) electrons. The molecular formula is C30H23F3N2O3. The van der Waals surface area contributed by atoms with Crippen LogP contribution in [0.4, 0.5) is 13.2 Å². The number of carboxylic acid groups (broad SMARTS) is 1. The van der Waals surface area contributed by atoms with Crippen molar-refractivity contribution in [2.24, 2.45) is 0 Å². The molecule has 1 atom stereocenters. The monoisotopic (exact) mass is 516 g/mol. The Hall–Kier alpha value is -4.59. The highest BCUT2D eigenvalue weighted by Gasteiger charge is 2.34. The summed E-state index contributed by atoms with van der Waals surface area (Å²) >= 11 is 0. The number of hydrogen-bond acceptors (Lipinski definition) is 3. The number of aliphatic carboxylic acids is 1. The minimum absolute atomic E-state index is 0.152. The predicted molar refractivity (Wildman–Crippen MR) is 138 cm³/mol. The second-order valence-electron chi connectivity index (χ2n) is 8.97. The Morgan fingerprint density at radius 2 is 1.68 bits per heavy atom. The third-order valence-corrected chi connectivity index (χ3v) is 6.18. The molecule has 38 heavy (non-hydrogen) atoms. The summed E-state index contributed by atoms with van der Waals surface area (Å²) in [7, 11) is 0. The molecule has 0 aliphatic carbocycles. The van der Waals surface area contributed by atoms with E-state index < -0.39 is 23.8 Å². The molecule has 0 saturated carbocycles. The van der Waals surface area contributed by atoms with Gasteiger partial charge in [0.05, 0.1) is 17.8 Å². The molecule has 0 aliphatic rings. The Morgan fingerprint density at radius 1 is 0.947 bits per heavy atom. The zero-order chi connectivity index (χ0) is 26.9. The average molecular weight is 517 g/mol. The number of halogens is 3. The van der Waals surface area contributed by atoms with E-state index in [1.54, 1.807) is 53.2 Å². The molecule has 192 valence electrons. The molecule has 0 aliphatic heterocycles. The summed E-state index contributed by atoms with van der Waals surface area (Å²) < 4.78 is 48.9. The van der Waals surface area contributed by atoms with Gasteiger partial charge in [0, 0.05) is 16.5 Å². The van der Waals surface area contributed by atoms with Gasteiger partial charge >= 0.3 is 12.1 Å². The Morgan fingerprint density at radius 3 is 2.39 bits per heavy atom. The molecular weight excluding hydrogens is 493 g/mol. The second-order valence-corrected chi connectivity index (χ2v) is 8.97. The zero-order valence-electron chi connectivity index (χ0n) is 20.3. The summed E-state index contributed by atoms with van der Waals surface area (Å²) in [6.45, 7) is 2.10. The van der Waals surface area contributed by atoms with E-state index in [1.165, 1.54) is 6.07 Å². The molecule has 1 heterocycles. The van der Waals surface area contributed by atoms with Crippen LogP contribution >= 0.6 is 0 Å². The van der Waals surface area contributed by atoms with Crippen molar-refractivity contribution in [1.82, 2.24) is 9.78 Å². The van der Waals surface area contributed by atoms with Gasteiger partial charge in [0.1, 0.15) is 11.3 Å². The number of aryl methyl sites for hydroxylation is 1. The fraction of sp³-hybridized carbons (Fsp3) is 0.133.